The summed E-state index contributed by atoms with van der Waals surface area (Å²) in [5, 5.41) is 6.36. The van der Waals surface area contributed by atoms with Gasteiger partial charge < -0.3 is 16.4 Å². The highest BCUT2D eigenvalue weighted by molar-refractivity contribution is 7.98. The van der Waals surface area contributed by atoms with Crippen LogP contribution in [0.2, 0.25) is 0 Å². The minimum absolute atomic E-state index is 0.0474. The van der Waals surface area contributed by atoms with E-state index >= 15 is 0 Å². The predicted octanol–water partition coefficient (Wildman–Crippen LogP) is 0.329. The van der Waals surface area contributed by atoms with Crippen molar-refractivity contribution in [3.05, 3.63) is 6.07 Å². The highest BCUT2D eigenvalue weighted by Gasteiger charge is 2.00. The summed E-state index contributed by atoms with van der Waals surface area (Å²) in [7, 11) is 0. The molecule has 7 heteroatoms. The van der Waals surface area contributed by atoms with Crippen molar-refractivity contribution < 1.29 is 4.79 Å². The first-order valence-electron chi connectivity index (χ1n) is 4.78. The molecular weight excluding hydrogens is 226 g/mol. The van der Waals surface area contributed by atoms with E-state index in [2.05, 4.69) is 20.6 Å². The fraction of sp³-hybridized carbons (Fsp3) is 0.444. The minimum Gasteiger partial charge on any atom is -0.383 e. The summed E-state index contributed by atoms with van der Waals surface area (Å²) in [6, 6.07) is 1.66. The lowest BCUT2D eigenvalue weighted by atomic mass is 10.5. The second-order valence-electron chi connectivity index (χ2n) is 3.07. The van der Waals surface area contributed by atoms with Crippen LogP contribution in [0.5, 0.6) is 0 Å². The van der Waals surface area contributed by atoms with Gasteiger partial charge in [-0.25, -0.2) is 9.97 Å². The van der Waals surface area contributed by atoms with E-state index in [1.807, 2.05) is 6.26 Å². The molecule has 1 heterocycles. The van der Waals surface area contributed by atoms with Crippen LogP contribution in [0.3, 0.4) is 0 Å². The number of nitrogens with one attached hydrogen (secondary N) is 2. The Labute approximate surface area is 98.4 Å². The van der Waals surface area contributed by atoms with Gasteiger partial charge in [-0.05, 0) is 6.26 Å². The summed E-state index contributed by atoms with van der Waals surface area (Å²) in [5.74, 6) is 1.05. The second kappa shape index (κ2) is 6.16. The Morgan fingerprint density at radius 2 is 2.25 bits per heavy atom. The lowest BCUT2D eigenvalue weighted by molar-refractivity contribution is -0.118. The Morgan fingerprint density at radius 1 is 1.50 bits per heavy atom. The molecule has 0 spiro atoms. The number of carbonyl (C=O) groups is 1. The van der Waals surface area contributed by atoms with E-state index in [1.165, 1.54) is 18.7 Å². The quantitative estimate of drug-likeness (QED) is 0.391. The van der Waals surface area contributed by atoms with Gasteiger partial charge in [0.1, 0.15) is 11.6 Å². The van der Waals surface area contributed by atoms with Crippen LogP contribution in [0.1, 0.15) is 6.92 Å². The molecule has 0 atom stereocenters. The molecule has 0 aliphatic rings. The Balaban J connectivity index is 2.47. The van der Waals surface area contributed by atoms with Crippen molar-refractivity contribution in [3.63, 3.8) is 0 Å². The summed E-state index contributed by atoms with van der Waals surface area (Å²) in [5.41, 5.74) is 5.61. The first-order valence-corrected chi connectivity index (χ1v) is 6.01. The molecule has 16 heavy (non-hydrogen) atoms. The number of hydrogen-bond donors (Lipinski definition) is 3. The lowest BCUT2D eigenvalue weighted by Gasteiger charge is -2.07. The second-order valence-corrected chi connectivity index (χ2v) is 3.85. The summed E-state index contributed by atoms with van der Waals surface area (Å²) < 4.78 is 0. The number of carbonyl (C=O) groups excluding carboxylic acids is 1. The number of rotatable bonds is 5. The fourth-order valence-corrected chi connectivity index (χ4v) is 1.44. The maximum absolute atomic E-state index is 10.6. The molecule has 1 amide bonds. The zero-order valence-corrected chi connectivity index (χ0v) is 10.1. The van der Waals surface area contributed by atoms with Crippen molar-refractivity contribution in [2.45, 2.75) is 12.1 Å². The normalized spacial score (nSPS) is 9.88. The SMILES string of the molecule is CSc1nc(N)cc(NCCNC(C)=O)n1. The Hall–Kier alpha value is -1.50. The Morgan fingerprint density at radius 3 is 2.88 bits per heavy atom. The molecule has 0 unspecified atom stereocenters. The standard InChI is InChI=1S/C9H15N5OS/c1-6(15)11-3-4-12-8-5-7(10)13-9(14-8)16-2/h5H,3-4H2,1-2H3,(H,11,15)(H3,10,12,13,14). The molecule has 0 saturated carbocycles. The van der Waals surface area contributed by atoms with Gasteiger partial charge in [-0.3, -0.25) is 4.79 Å². The molecule has 6 nitrogen and oxygen atoms in total. The predicted molar refractivity (Wildman–Crippen MR) is 65.4 cm³/mol. The Kier molecular flexibility index (Phi) is 4.84. The average molecular weight is 241 g/mol. The van der Waals surface area contributed by atoms with E-state index in [-0.39, 0.29) is 5.91 Å². The van der Waals surface area contributed by atoms with Crippen LogP contribution in [-0.2, 0) is 4.79 Å². The summed E-state index contributed by atoms with van der Waals surface area (Å²) >= 11 is 1.43. The number of anilines is 2. The molecular formula is C9H15N5OS. The smallest absolute Gasteiger partial charge is 0.216 e. The van der Waals surface area contributed by atoms with Crippen molar-refractivity contribution in [2.75, 3.05) is 30.4 Å². The van der Waals surface area contributed by atoms with Crippen molar-refractivity contribution in [1.82, 2.24) is 15.3 Å². The first kappa shape index (κ1) is 12.6. The van der Waals surface area contributed by atoms with E-state index in [9.17, 15) is 4.79 Å². The van der Waals surface area contributed by atoms with Gasteiger partial charge in [0, 0.05) is 26.1 Å². The number of nitrogens with zero attached hydrogens (tertiary/aromatic N) is 2. The van der Waals surface area contributed by atoms with Gasteiger partial charge >= 0.3 is 0 Å². The molecule has 1 rings (SSSR count). The first-order chi connectivity index (χ1) is 7.61. The summed E-state index contributed by atoms with van der Waals surface area (Å²) in [6.45, 7) is 2.63. The maximum Gasteiger partial charge on any atom is 0.216 e. The van der Waals surface area contributed by atoms with Crippen LogP contribution in [0.4, 0.5) is 11.6 Å². The molecule has 0 radical (unpaired) electrons. The third-order valence-electron chi connectivity index (χ3n) is 1.71. The summed E-state index contributed by atoms with van der Waals surface area (Å²) in [4.78, 5) is 18.9. The third kappa shape index (κ3) is 4.35. The zero-order chi connectivity index (χ0) is 12.0. The van der Waals surface area contributed by atoms with Crippen LogP contribution in [-0.4, -0.2) is 35.2 Å². The Bertz CT molecular complexity index is 371. The van der Waals surface area contributed by atoms with Crippen LogP contribution < -0.4 is 16.4 Å². The molecule has 0 aliphatic heterocycles. The van der Waals surface area contributed by atoms with E-state index in [0.717, 1.165) is 0 Å². The number of hydrogen-bond acceptors (Lipinski definition) is 6. The molecule has 0 bridgehead atoms. The van der Waals surface area contributed by atoms with E-state index in [4.69, 9.17) is 5.73 Å². The van der Waals surface area contributed by atoms with Crippen LogP contribution in [0, 0.1) is 0 Å². The molecule has 4 N–H and O–H groups in total. The lowest BCUT2D eigenvalue weighted by Crippen LogP contribution is -2.26. The van der Waals surface area contributed by atoms with Gasteiger partial charge in [-0.1, -0.05) is 11.8 Å². The van der Waals surface area contributed by atoms with Gasteiger partial charge in [0.05, 0.1) is 0 Å². The van der Waals surface area contributed by atoms with E-state index in [1.54, 1.807) is 6.07 Å². The molecule has 0 aromatic carbocycles. The number of aromatic nitrogens is 2. The maximum atomic E-state index is 10.6. The minimum atomic E-state index is -0.0474. The van der Waals surface area contributed by atoms with Crippen LogP contribution in [0.25, 0.3) is 0 Å². The van der Waals surface area contributed by atoms with E-state index < -0.39 is 0 Å². The highest BCUT2D eigenvalue weighted by Crippen LogP contribution is 2.14. The monoisotopic (exact) mass is 241 g/mol. The number of nitrogens with two attached hydrogens (primary N) is 1. The molecule has 0 fully saturated rings. The highest BCUT2D eigenvalue weighted by atomic mass is 32.2. The molecule has 0 aliphatic carbocycles. The van der Waals surface area contributed by atoms with Crippen LogP contribution >= 0.6 is 11.8 Å². The van der Waals surface area contributed by atoms with Gasteiger partial charge in [0.2, 0.25) is 5.91 Å². The van der Waals surface area contributed by atoms with Gasteiger partial charge in [-0.2, -0.15) is 0 Å². The molecule has 1 aromatic heterocycles. The fourth-order valence-electron chi connectivity index (χ4n) is 1.05. The number of nitrogen functional groups attached to an aromatic ring is 1. The topological polar surface area (TPSA) is 92.9 Å². The van der Waals surface area contributed by atoms with Gasteiger partial charge in [-0.15, -0.1) is 0 Å². The van der Waals surface area contributed by atoms with Crippen LogP contribution in [0.15, 0.2) is 11.2 Å². The largest absolute Gasteiger partial charge is 0.383 e. The third-order valence-corrected chi connectivity index (χ3v) is 2.26. The molecule has 1 aromatic rings. The zero-order valence-electron chi connectivity index (χ0n) is 9.28. The van der Waals surface area contributed by atoms with Gasteiger partial charge in [0.25, 0.3) is 0 Å². The van der Waals surface area contributed by atoms with Crippen molar-refractivity contribution in [2.24, 2.45) is 0 Å². The molecule has 0 saturated heterocycles. The van der Waals surface area contributed by atoms with Crippen molar-refractivity contribution in [3.8, 4) is 0 Å². The van der Waals surface area contributed by atoms with E-state index in [0.29, 0.717) is 29.9 Å². The number of amides is 1. The number of thioether (sulfide) groups is 1. The summed E-state index contributed by atoms with van der Waals surface area (Å²) in [6.07, 6.45) is 1.88. The van der Waals surface area contributed by atoms with Gasteiger partial charge in [0.15, 0.2) is 5.16 Å². The molecule has 88 valence electrons. The van der Waals surface area contributed by atoms with Crippen molar-refractivity contribution >= 4 is 29.3 Å². The average Bonchev–Trinajstić information content (AvgIpc) is 2.23. The van der Waals surface area contributed by atoms with Crippen molar-refractivity contribution in [1.29, 1.82) is 0 Å².